The monoisotopic (exact) mass is 329 g/mol. The number of rotatable bonds is 7. The molecule has 0 aliphatic heterocycles. The summed E-state index contributed by atoms with van der Waals surface area (Å²) in [6.45, 7) is 4.40. The molecule has 5 heteroatoms. The van der Waals surface area contributed by atoms with Gasteiger partial charge in [-0.3, -0.25) is 4.99 Å². The minimum absolute atomic E-state index is 0.0821. The molecule has 24 heavy (non-hydrogen) atoms. The van der Waals surface area contributed by atoms with Crippen molar-refractivity contribution in [2.75, 3.05) is 6.61 Å². The van der Waals surface area contributed by atoms with Crippen molar-refractivity contribution in [2.45, 2.75) is 32.4 Å². The fourth-order valence-electron chi connectivity index (χ4n) is 2.17. The van der Waals surface area contributed by atoms with Gasteiger partial charge in [0.15, 0.2) is 0 Å². The molecule has 0 saturated carbocycles. The third-order valence-corrected chi connectivity index (χ3v) is 3.62. The first kappa shape index (κ1) is 17.8. The molecule has 0 aliphatic carbocycles. The van der Waals surface area contributed by atoms with E-state index >= 15 is 0 Å². The molecule has 3 N–H and O–H groups in total. The highest BCUT2D eigenvalue weighted by atomic mass is 16.5. The molecule has 0 aromatic heterocycles. The van der Waals surface area contributed by atoms with Gasteiger partial charge >= 0.3 is 0 Å². The molecule has 0 fully saturated rings. The van der Waals surface area contributed by atoms with Crippen molar-refractivity contribution in [3.05, 3.63) is 53.6 Å². The minimum atomic E-state index is -0.795. The molecule has 128 valence electrons. The second kappa shape index (κ2) is 8.36. The topological polar surface area (TPSA) is 82.3 Å². The van der Waals surface area contributed by atoms with Crippen molar-refractivity contribution in [2.24, 2.45) is 4.99 Å². The van der Waals surface area contributed by atoms with Crippen molar-refractivity contribution in [1.29, 1.82) is 0 Å². The van der Waals surface area contributed by atoms with E-state index in [0.29, 0.717) is 23.5 Å². The number of aliphatic imine (C=N–C) groups is 1. The van der Waals surface area contributed by atoms with E-state index in [1.165, 1.54) is 18.3 Å². The van der Waals surface area contributed by atoms with E-state index in [1.807, 2.05) is 6.92 Å². The number of ether oxygens (including phenoxy) is 1. The van der Waals surface area contributed by atoms with Crippen LogP contribution in [0.3, 0.4) is 0 Å². The highest BCUT2D eigenvalue weighted by Gasteiger charge is 2.15. The normalized spacial score (nSPS) is 13.8. The lowest BCUT2D eigenvalue weighted by atomic mass is 10.0. The fourth-order valence-corrected chi connectivity index (χ4v) is 2.17. The molecule has 2 aromatic carbocycles. The highest BCUT2D eigenvalue weighted by molar-refractivity contribution is 5.83. The predicted molar refractivity (Wildman–Crippen MR) is 94.0 cm³/mol. The van der Waals surface area contributed by atoms with Crippen LogP contribution in [0.2, 0.25) is 0 Å². The van der Waals surface area contributed by atoms with Gasteiger partial charge in [0.2, 0.25) is 0 Å². The van der Waals surface area contributed by atoms with Gasteiger partial charge in [0.1, 0.15) is 23.4 Å². The van der Waals surface area contributed by atoms with Gasteiger partial charge in [0.25, 0.3) is 0 Å². The first-order valence-corrected chi connectivity index (χ1v) is 7.97. The Bertz CT molecular complexity index is 682. The molecule has 2 atom stereocenters. The molecule has 2 aromatic rings. The summed E-state index contributed by atoms with van der Waals surface area (Å²) in [5.41, 5.74) is 1.23. The van der Waals surface area contributed by atoms with Crippen LogP contribution >= 0.6 is 0 Å². The van der Waals surface area contributed by atoms with Crippen molar-refractivity contribution in [3.63, 3.8) is 0 Å². The summed E-state index contributed by atoms with van der Waals surface area (Å²) in [5, 5.41) is 29.6. The number of benzene rings is 2. The summed E-state index contributed by atoms with van der Waals surface area (Å²) >= 11 is 0. The average Bonchev–Trinajstić information content (AvgIpc) is 2.59. The first-order chi connectivity index (χ1) is 11.5. The molecular formula is C19H23NO4. The summed E-state index contributed by atoms with van der Waals surface area (Å²) in [6, 6.07) is 11.0. The molecule has 5 nitrogen and oxygen atoms in total. The number of aliphatic hydroxyl groups is 1. The molecule has 2 rings (SSSR count). The van der Waals surface area contributed by atoms with Crippen molar-refractivity contribution >= 4 is 6.21 Å². The van der Waals surface area contributed by atoms with Gasteiger partial charge in [-0.05, 0) is 43.2 Å². The lowest BCUT2D eigenvalue weighted by molar-refractivity contribution is 0.154. The van der Waals surface area contributed by atoms with Crippen LogP contribution in [0.15, 0.2) is 47.5 Å². The predicted octanol–water partition coefficient (Wildman–Crippen LogP) is 3.43. The Labute approximate surface area is 141 Å². The average molecular weight is 329 g/mol. The maximum Gasteiger partial charge on any atom is 0.128 e. The number of nitrogens with zero attached hydrogens (tertiary/aromatic N) is 1. The molecule has 0 unspecified atom stereocenters. The van der Waals surface area contributed by atoms with Crippen molar-refractivity contribution in [3.8, 4) is 17.2 Å². The maximum absolute atomic E-state index is 10.3. The molecule has 0 radical (unpaired) electrons. The molecule has 0 saturated heterocycles. The number of hydrogen-bond donors (Lipinski definition) is 3. The van der Waals surface area contributed by atoms with Crippen molar-refractivity contribution < 1.29 is 20.1 Å². The summed E-state index contributed by atoms with van der Waals surface area (Å²) in [4.78, 5) is 4.31. The zero-order valence-electron chi connectivity index (χ0n) is 13.9. The van der Waals surface area contributed by atoms with E-state index < -0.39 is 12.1 Å². The lowest BCUT2D eigenvalue weighted by Crippen LogP contribution is -2.12. The van der Waals surface area contributed by atoms with Gasteiger partial charge in [-0.1, -0.05) is 19.1 Å². The van der Waals surface area contributed by atoms with Crippen LogP contribution in [0.5, 0.6) is 17.2 Å². The van der Waals surface area contributed by atoms with Crippen LogP contribution in [-0.4, -0.2) is 34.2 Å². The Kier molecular flexibility index (Phi) is 6.21. The molecular weight excluding hydrogens is 306 g/mol. The lowest BCUT2D eigenvalue weighted by Gasteiger charge is -2.15. The van der Waals surface area contributed by atoms with Crippen LogP contribution in [0.25, 0.3) is 0 Å². The van der Waals surface area contributed by atoms with E-state index in [-0.39, 0.29) is 11.5 Å². The Balaban J connectivity index is 2.05. The van der Waals surface area contributed by atoms with E-state index in [0.717, 1.165) is 6.42 Å². The summed E-state index contributed by atoms with van der Waals surface area (Å²) < 4.78 is 5.46. The van der Waals surface area contributed by atoms with Gasteiger partial charge in [-0.2, -0.15) is 0 Å². The van der Waals surface area contributed by atoms with E-state index in [4.69, 9.17) is 4.74 Å². The maximum atomic E-state index is 10.3. The molecule has 0 aliphatic rings. The third-order valence-electron chi connectivity index (χ3n) is 3.62. The first-order valence-electron chi connectivity index (χ1n) is 7.97. The Morgan fingerprint density at radius 2 is 1.83 bits per heavy atom. The van der Waals surface area contributed by atoms with Crippen LogP contribution < -0.4 is 4.74 Å². The second-order valence-corrected chi connectivity index (χ2v) is 5.62. The highest BCUT2D eigenvalue weighted by Crippen LogP contribution is 2.24. The number of aromatic hydroxyl groups is 2. The van der Waals surface area contributed by atoms with Crippen molar-refractivity contribution in [1.82, 2.24) is 0 Å². The van der Waals surface area contributed by atoms with Gasteiger partial charge in [0, 0.05) is 17.8 Å². The number of phenolic OH excluding ortho intramolecular Hbond substituents is 2. The van der Waals surface area contributed by atoms with Gasteiger partial charge < -0.3 is 20.1 Å². The number of aliphatic hydroxyl groups excluding tert-OH is 1. The summed E-state index contributed by atoms with van der Waals surface area (Å²) in [7, 11) is 0. The fraction of sp³-hybridized carbons (Fsp3) is 0.316. The largest absolute Gasteiger partial charge is 0.508 e. The van der Waals surface area contributed by atoms with Gasteiger partial charge in [-0.15, -0.1) is 0 Å². The molecule has 0 spiro atoms. The zero-order valence-corrected chi connectivity index (χ0v) is 13.9. The molecule has 0 bridgehead atoms. The van der Waals surface area contributed by atoms with Gasteiger partial charge in [-0.25, -0.2) is 0 Å². The van der Waals surface area contributed by atoms with Crippen LogP contribution in [0, 0.1) is 0 Å². The Morgan fingerprint density at radius 1 is 1.12 bits per heavy atom. The molecule has 0 amide bonds. The second-order valence-electron chi connectivity index (χ2n) is 5.62. The van der Waals surface area contributed by atoms with Gasteiger partial charge in [0.05, 0.1) is 12.6 Å². The quantitative estimate of drug-likeness (QED) is 0.680. The Hall–Kier alpha value is -2.53. The number of phenols is 2. The SMILES string of the molecule is CCCOc1ccc(C=N[C@H](C)[C@H](O)c2ccc(O)cc2)c(O)c1. The Morgan fingerprint density at radius 3 is 2.46 bits per heavy atom. The van der Waals surface area contributed by atoms with Crippen LogP contribution in [0.1, 0.15) is 37.5 Å². The third kappa shape index (κ3) is 4.73. The standard InChI is InChI=1S/C19H23NO4/c1-3-10-24-17-9-6-15(18(22)11-17)12-20-13(2)19(23)14-4-7-16(21)8-5-14/h4-9,11-13,19,21-23H,3,10H2,1-2H3/t13-,19+/m1/s1. The van der Waals surface area contributed by atoms with Crippen LogP contribution in [-0.2, 0) is 0 Å². The summed E-state index contributed by atoms with van der Waals surface area (Å²) in [6.07, 6.45) is 1.64. The van der Waals surface area contributed by atoms with E-state index in [1.54, 1.807) is 37.3 Å². The number of hydrogen-bond acceptors (Lipinski definition) is 5. The van der Waals surface area contributed by atoms with Crippen LogP contribution in [0.4, 0.5) is 0 Å². The van der Waals surface area contributed by atoms with E-state index in [2.05, 4.69) is 4.99 Å². The smallest absolute Gasteiger partial charge is 0.128 e. The van der Waals surface area contributed by atoms with E-state index in [9.17, 15) is 15.3 Å². The molecule has 0 heterocycles. The zero-order chi connectivity index (χ0) is 17.5. The summed E-state index contributed by atoms with van der Waals surface area (Å²) in [5.74, 6) is 0.847. The minimum Gasteiger partial charge on any atom is -0.508 e.